The van der Waals surface area contributed by atoms with E-state index in [1.54, 1.807) is 4.68 Å². The van der Waals surface area contributed by atoms with Gasteiger partial charge in [0.15, 0.2) is 0 Å². The van der Waals surface area contributed by atoms with Crippen LogP contribution in [0.3, 0.4) is 0 Å². The predicted octanol–water partition coefficient (Wildman–Crippen LogP) is 2.03. The molecule has 2 N–H and O–H groups in total. The van der Waals surface area contributed by atoms with Crippen LogP contribution in [0.15, 0.2) is 6.20 Å². The molecule has 0 fully saturated rings. The molecule has 68 valence electrons. The SMILES string of the molecule is CCCc1c(C)cn(N)c1CC. The van der Waals surface area contributed by atoms with Crippen molar-refractivity contribution in [2.75, 3.05) is 5.84 Å². The Morgan fingerprint density at radius 1 is 1.42 bits per heavy atom. The van der Waals surface area contributed by atoms with E-state index < -0.39 is 0 Å². The molecule has 0 saturated heterocycles. The molecule has 0 aliphatic rings. The Morgan fingerprint density at radius 3 is 2.58 bits per heavy atom. The van der Waals surface area contributed by atoms with Crippen LogP contribution < -0.4 is 5.84 Å². The molecule has 1 aromatic heterocycles. The van der Waals surface area contributed by atoms with Crippen molar-refractivity contribution in [2.45, 2.75) is 40.0 Å². The highest BCUT2D eigenvalue weighted by Gasteiger charge is 2.08. The van der Waals surface area contributed by atoms with Gasteiger partial charge < -0.3 is 5.84 Å². The lowest BCUT2D eigenvalue weighted by Gasteiger charge is -2.03. The van der Waals surface area contributed by atoms with E-state index in [-0.39, 0.29) is 0 Å². The first-order chi connectivity index (χ1) is 5.70. The number of aromatic nitrogens is 1. The van der Waals surface area contributed by atoms with Gasteiger partial charge in [-0.15, -0.1) is 0 Å². The van der Waals surface area contributed by atoms with Gasteiger partial charge in [-0.2, -0.15) is 0 Å². The van der Waals surface area contributed by atoms with Crippen LogP contribution in [0.5, 0.6) is 0 Å². The van der Waals surface area contributed by atoms with E-state index in [2.05, 4.69) is 20.8 Å². The molecule has 0 saturated carbocycles. The van der Waals surface area contributed by atoms with Gasteiger partial charge in [-0.3, -0.25) is 4.68 Å². The van der Waals surface area contributed by atoms with Crippen molar-refractivity contribution >= 4 is 0 Å². The standard InChI is InChI=1S/C10H18N2/c1-4-6-9-8(3)7-12(11)10(9)5-2/h7H,4-6,11H2,1-3H3. The lowest BCUT2D eigenvalue weighted by Crippen LogP contribution is -2.10. The molecule has 1 aromatic rings. The summed E-state index contributed by atoms with van der Waals surface area (Å²) in [4.78, 5) is 0. The van der Waals surface area contributed by atoms with Crippen molar-refractivity contribution in [1.29, 1.82) is 0 Å². The lowest BCUT2D eigenvalue weighted by atomic mass is 10.1. The molecule has 0 unspecified atom stereocenters. The van der Waals surface area contributed by atoms with E-state index in [1.165, 1.54) is 23.2 Å². The van der Waals surface area contributed by atoms with E-state index >= 15 is 0 Å². The van der Waals surface area contributed by atoms with E-state index in [0.717, 1.165) is 12.8 Å². The molecule has 0 spiro atoms. The van der Waals surface area contributed by atoms with Crippen LogP contribution in [0.1, 0.15) is 37.1 Å². The first-order valence-corrected chi connectivity index (χ1v) is 4.65. The van der Waals surface area contributed by atoms with E-state index in [4.69, 9.17) is 5.84 Å². The van der Waals surface area contributed by atoms with Gasteiger partial charge in [0.2, 0.25) is 0 Å². The minimum Gasteiger partial charge on any atom is -0.339 e. The molecule has 2 nitrogen and oxygen atoms in total. The summed E-state index contributed by atoms with van der Waals surface area (Å²) in [6.45, 7) is 6.48. The maximum absolute atomic E-state index is 5.80. The van der Waals surface area contributed by atoms with Crippen LogP contribution in [0.2, 0.25) is 0 Å². The minimum absolute atomic E-state index is 1.03. The number of hydrogen-bond acceptors (Lipinski definition) is 1. The molecule has 0 aromatic carbocycles. The number of rotatable bonds is 3. The minimum atomic E-state index is 1.03. The molecule has 0 amide bonds. The third-order valence-corrected chi connectivity index (χ3v) is 2.30. The number of hydrogen-bond donors (Lipinski definition) is 1. The van der Waals surface area contributed by atoms with Crippen LogP contribution in [-0.2, 0) is 12.8 Å². The van der Waals surface area contributed by atoms with Gasteiger partial charge in [-0.25, -0.2) is 0 Å². The van der Waals surface area contributed by atoms with E-state index in [1.807, 2.05) is 6.20 Å². The van der Waals surface area contributed by atoms with Gasteiger partial charge in [-0.05, 0) is 30.9 Å². The molecular weight excluding hydrogens is 148 g/mol. The van der Waals surface area contributed by atoms with Crippen LogP contribution in [0, 0.1) is 6.92 Å². The summed E-state index contributed by atoms with van der Waals surface area (Å²) in [5.41, 5.74) is 4.06. The molecule has 0 bridgehead atoms. The first kappa shape index (κ1) is 9.17. The highest BCUT2D eigenvalue weighted by molar-refractivity contribution is 5.31. The quantitative estimate of drug-likeness (QED) is 0.684. The Balaban J connectivity index is 3.04. The summed E-state index contributed by atoms with van der Waals surface area (Å²) >= 11 is 0. The third kappa shape index (κ3) is 1.47. The predicted molar refractivity (Wildman–Crippen MR) is 52.7 cm³/mol. The molecule has 1 heterocycles. The Hall–Kier alpha value is -0.920. The van der Waals surface area contributed by atoms with Crippen molar-refractivity contribution in [3.63, 3.8) is 0 Å². The maximum atomic E-state index is 5.80. The summed E-state index contributed by atoms with van der Waals surface area (Å²) in [5.74, 6) is 5.80. The van der Waals surface area contributed by atoms with Crippen molar-refractivity contribution in [3.8, 4) is 0 Å². The molecule has 0 atom stereocenters. The number of nitrogens with zero attached hydrogens (tertiary/aromatic N) is 1. The maximum Gasteiger partial charge on any atom is 0.0423 e. The Kier molecular flexibility index (Phi) is 2.79. The first-order valence-electron chi connectivity index (χ1n) is 4.65. The zero-order valence-corrected chi connectivity index (χ0v) is 8.22. The average molecular weight is 166 g/mol. The third-order valence-electron chi connectivity index (χ3n) is 2.30. The van der Waals surface area contributed by atoms with E-state index in [9.17, 15) is 0 Å². The van der Waals surface area contributed by atoms with Gasteiger partial charge in [0.1, 0.15) is 0 Å². The van der Waals surface area contributed by atoms with Crippen molar-refractivity contribution in [1.82, 2.24) is 4.68 Å². The van der Waals surface area contributed by atoms with Crippen LogP contribution >= 0.6 is 0 Å². The Labute approximate surface area is 74.4 Å². The van der Waals surface area contributed by atoms with Gasteiger partial charge in [0, 0.05) is 11.9 Å². The molecule has 0 aliphatic heterocycles. The molecule has 0 aliphatic carbocycles. The second-order valence-corrected chi connectivity index (χ2v) is 3.25. The smallest absolute Gasteiger partial charge is 0.0423 e. The normalized spacial score (nSPS) is 10.6. The lowest BCUT2D eigenvalue weighted by molar-refractivity contribution is 0.845. The largest absolute Gasteiger partial charge is 0.339 e. The van der Waals surface area contributed by atoms with Gasteiger partial charge in [0.25, 0.3) is 0 Å². The summed E-state index contributed by atoms with van der Waals surface area (Å²) in [6, 6.07) is 0. The summed E-state index contributed by atoms with van der Waals surface area (Å²) in [7, 11) is 0. The molecule has 12 heavy (non-hydrogen) atoms. The van der Waals surface area contributed by atoms with Crippen LogP contribution in [0.4, 0.5) is 0 Å². The highest BCUT2D eigenvalue weighted by Crippen LogP contribution is 2.17. The number of nitrogens with two attached hydrogens (primary N) is 1. The summed E-state index contributed by atoms with van der Waals surface area (Å²) in [6.07, 6.45) is 5.39. The van der Waals surface area contributed by atoms with Gasteiger partial charge in [0.05, 0.1) is 0 Å². The Bertz CT molecular complexity index is 261. The fourth-order valence-electron chi connectivity index (χ4n) is 1.74. The Morgan fingerprint density at radius 2 is 2.08 bits per heavy atom. The molecule has 2 heteroatoms. The number of nitrogen functional groups attached to an aromatic ring is 1. The zero-order valence-electron chi connectivity index (χ0n) is 8.22. The van der Waals surface area contributed by atoms with Crippen molar-refractivity contribution < 1.29 is 0 Å². The van der Waals surface area contributed by atoms with Crippen LogP contribution in [-0.4, -0.2) is 4.68 Å². The van der Waals surface area contributed by atoms with Crippen LogP contribution in [0.25, 0.3) is 0 Å². The average Bonchev–Trinajstić information content (AvgIpc) is 2.28. The molecule has 1 rings (SSSR count). The van der Waals surface area contributed by atoms with Gasteiger partial charge in [-0.1, -0.05) is 20.3 Å². The zero-order chi connectivity index (χ0) is 9.14. The molecule has 0 radical (unpaired) electrons. The fraction of sp³-hybridized carbons (Fsp3) is 0.600. The van der Waals surface area contributed by atoms with Crippen molar-refractivity contribution in [2.24, 2.45) is 0 Å². The van der Waals surface area contributed by atoms with Gasteiger partial charge >= 0.3 is 0 Å². The summed E-state index contributed by atoms with van der Waals surface area (Å²) in [5, 5.41) is 0. The second kappa shape index (κ2) is 3.65. The molecular formula is C10H18N2. The summed E-state index contributed by atoms with van der Waals surface area (Å²) < 4.78 is 1.76. The number of aryl methyl sites for hydroxylation is 1. The van der Waals surface area contributed by atoms with Crippen molar-refractivity contribution in [3.05, 3.63) is 23.0 Å². The van der Waals surface area contributed by atoms with E-state index in [0.29, 0.717) is 0 Å². The highest BCUT2D eigenvalue weighted by atomic mass is 15.3. The topological polar surface area (TPSA) is 30.9 Å². The second-order valence-electron chi connectivity index (χ2n) is 3.25. The fourth-order valence-corrected chi connectivity index (χ4v) is 1.74. The monoisotopic (exact) mass is 166 g/mol.